The molecule has 1 aromatic rings. The zero-order chi connectivity index (χ0) is 14.1. The fourth-order valence-electron chi connectivity index (χ4n) is 1.82. The van der Waals surface area contributed by atoms with Crippen molar-refractivity contribution in [2.24, 2.45) is 0 Å². The molecule has 0 aliphatic rings. The molecular weight excluding hydrogens is 284 g/mol. The van der Waals surface area contributed by atoms with Gasteiger partial charge >= 0.3 is 5.97 Å². The maximum absolute atomic E-state index is 10.9. The molecule has 0 radical (unpaired) electrons. The van der Waals surface area contributed by atoms with E-state index in [1.807, 2.05) is 24.3 Å². The summed E-state index contributed by atoms with van der Waals surface area (Å²) < 4.78 is 5.08. The van der Waals surface area contributed by atoms with Crippen LogP contribution in [0.3, 0.4) is 0 Å². The largest absolute Gasteiger partial charge is 0.479 e. The maximum Gasteiger partial charge on any atom is 0.334 e. The first-order chi connectivity index (χ1) is 9.13. The van der Waals surface area contributed by atoms with Crippen LogP contribution in [0, 0.1) is 0 Å². The lowest BCUT2D eigenvalue weighted by Gasteiger charge is -2.10. The number of halogens is 1. The third-order valence-electron chi connectivity index (χ3n) is 2.83. The van der Waals surface area contributed by atoms with Crippen molar-refractivity contribution >= 4 is 29.6 Å². The summed E-state index contributed by atoms with van der Waals surface area (Å²) in [5, 5.41) is 9.67. The zero-order valence-corrected chi connectivity index (χ0v) is 12.5. The third-order valence-corrected chi connectivity index (χ3v) is 3.51. The molecule has 1 atom stereocenters. The van der Waals surface area contributed by atoms with Gasteiger partial charge in [0.15, 0.2) is 6.10 Å². The van der Waals surface area contributed by atoms with Crippen LogP contribution in [0.5, 0.6) is 0 Å². The Morgan fingerprint density at radius 2 is 2.00 bits per heavy atom. The monoisotopic (exact) mass is 302 g/mol. The molecule has 0 fully saturated rings. The first-order valence-electron chi connectivity index (χ1n) is 6.30. The number of carbonyl (C=O) groups is 1. The van der Waals surface area contributed by atoms with Gasteiger partial charge in [0.25, 0.3) is 0 Å². The number of carboxylic acids is 1. The van der Waals surface area contributed by atoms with E-state index in [2.05, 4.69) is 0 Å². The van der Waals surface area contributed by atoms with Crippen molar-refractivity contribution in [1.82, 2.24) is 0 Å². The van der Waals surface area contributed by atoms with Gasteiger partial charge in [-0.1, -0.05) is 36.6 Å². The van der Waals surface area contributed by atoms with E-state index in [1.54, 1.807) is 6.26 Å². The summed E-state index contributed by atoms with van der Waals surface area (Å²) in [6.45, 7) is 0. The van der Waals surface area contributed by atoms with Gasteiger partial charge in [-0.25, -0.2) is 4.79 Å². The first-order valence-corrected chi connectivity index (χ1v) is 7.83. The molecule has 5 heteroatoms. The van der Waals surface area contributed by atoms with E-state index in [0.29, 0.717) is 6.42 Å². The van der Waals surface area contributed by atoms with Gasteiger partial charge in [-0.05, 0) is 49.0 Å². The van der Waals surface area contributed by atoms with Crippen molar-refractivity contribution in [3.05, 3.63) is 34.9 Å². The molecule has 0 aliphatic carbocycles. The van der Waals surface area contributed by atoms with E-state index < -0.39 is 12.1 Å². The highest BCUT2D eigenvalue weighted by Gasteiger charge is 2.17. The second-order valence-electron chi connectivity index (χ2n) is 4.32. The van der Waals surface area contributed by atoms with Crippen molar-refractivity contribution < 1.29 is 14.1 Å². The van der Waals surface area contributed by atoms with Crippen LogP contribution in [0.25, 0.3) is 0 Å². The Morgan fingerprint density at radius 1 is 1.32 bits per heavy atom. The number of rotatable bonds is 9. The molecule has 19 heavy (non-hydrogen) atoms. The SMILES string of the molecule is CSOC(CCCCCc1ccc(Cl)cc1)C(=O)O. The zero-order valence-electron chi connectivity index (χ0n) is 11.0. The molecule has 0 spiro atoms. The number of aryl methyl sites for hydroxylation is 1. The van der Waals surface area contributed by atoms with Crippen LogP contribution in [-0.4, -0.2) is 23.4 Å². The fraction of sp³-hybridized carbons (Fsp3) is 0.500. The molecule has 3 nitrogen and oxygen atoms in total. The van der Waals surface area contributed by atoms with Crippen LogP contribution >= 0.6 is 23.6 Å². The van der Waals surface area contributed by atoms with Gasteiger partial charge in [-0.2, -0.15) is 0 Å². The van der Waals surface area contributed by atoms with Crippen molar-refractivity contribution in [3.63, 3.8) is 0 Å². The minimum Gasteiger partial charge on any atom is -0.479 e. The number of unbranched alkanes of at least 4 members (excludes halogenated alkanes) is 2. The Morgan fingerprint density at radius 3 is 2.58 bits per heavy atom. The number of hydrogen-bond donors (Lipinski definition) is 1. The Kier molecular flexibility index (Phi) is 7.94. The fourth-order valence-corrected chi connectivity index (χ4v) is 2.35. The number of hydrogen-bond acceptors (Lipinski definition) is 3. The molecular formula is C14H19ClO3S. The summed E-state index contributed by atoms with van der Waals surface area (Å²) in [4.78, 5) is 10.9. The van der Waals surface area contributed by atoms with Crippen LogP contribution in [0.15, 0.2) is 24.3 Å². The van der Waals surface area contributed by atoms with E-state index in [1.165, 1.54) is 5.56 Å². The molecule has 0 aromatic heterocycles. The quantitative estimate of drug-likeness (QED) is 0.549. The number of benzene rings is 1. The smallest absolute Gasteiger partial charge is 0.334 e. The molecule has 1 rings (SSSR count). The van der Waals surface area contributed by atoms with E-state index in [0.717, 1.165) is 42.7 Å². The lowest BCUT2D eigenvalue weighted by atomic mass is 10.0. The normalized spacial score (nSPS) is 12.3. The van der Waals surface area contributed by atoms with E-state index >= 15 is 0 Å². The molecule has 1 N–H and O–H groups in total. The topological polar surface area (TPSA) is 46.5 Å². The highest BCUT2D eigenvalue weighted by Crippen LogP contribution is 2.15. The minimum absolute atomic E-state index is 0.566. The molecule has 106 valence electrons. The lowest BCUT2D eigenvalue weighted by Crippen LogP contribution is -2.21. The average Bonchev–Trinajstić information content (AvgIpc) is 2.39. The predicted octanol–water partition coefficient (Wildman–Crippen LogP) is 4.19. The van der Waals surface area contributed by atoms with Gasteiger partial charge in [0.2, 0.25) is 0 Å². The molecule has 0 bridgehead atoms. The van der Waals surface area contributed by atoms with E-state index in [-0.39, 0.29) is 0 Å². The molecule has 1 aromatic carbocycles. The van der Waals surface area contributed by atoms with Gasteiger partial charge in [0.1, 0.15) is 0 Å². The first kappa shape index (κ1) is 16.3. The molecule has 0 aliphatic heterocycles. The molecule has 0 amide bonds. The Hall–Kier alpha value is -0.710. The van der Waals surface area contributed by atoms with Crippen molar-refractivity contribution in [2.75, 3.05) is 6.26 Å². The summed E-state index contributed by atoms with van der Waals surface area (Å²) >= 11 is 6.92. The van der Waals surface area contributed by atoms with E-state index in [4.69, 9.17) is 20.9 Å². The van der Waals surface area contributed by atoms with Gasteiger partial charge < -0.3 is 9.29 Å². The minimum atomic E-state index is -0.882. The number of carboxylic acid groups (broad SMARTS) is 1. The third kappa shape index (κ3) is 6.85. The van der Waals surface area contributed by atoms with Crippen molar-refractivity contribution in [1.29, 1.82) is 0 Å². The second kappa shape index (κ2) is 9.23. The van der Waals surface area contributed by atoms with Gasteiger partial charge in [0, 0.05) is 11.3 Å². The molecule has 1 unspecified atom stereocenters. The van der Waals surface area contributed by atoms with Crippen molar-refractivity contribution in [3.8, 4) is 0 Å². The van der Waals surface area contributed by atoms with Crippen LogP contribution in [0.4, 0.5) is 0 Å². The summed E-state index contributed by atoms with van der Waals surface area (Å²) in [6.07, 6.45) is 5.53. The average molecular weight is 303 g/mol. The Labute approximate surface area is 123 Å². The Balaban J connectivity index is 2.16. The maximum atomic E-state index is 10.9. The van der Waals surface area contributed by atoms with Crippen LogP contribution < -0.4 is 0 Å². The second-order valence-corrected chi connectivity index (χ2v) is 5.28. The molecule has 0 heterocycles. The number of aliphatic carboxylic acids is 1. The summed E-state index contributed by atoms with van der Waals surface area (Å²) in [5.74, 6) is -0.882. The standard InChI is InChI=1S/C14H19ClO3S/c1-19-18-13(14(16)17)6-4-2-3-5-11-7-9-12(15)10-8-11/h7-10,13H,2-6H2,1H3,(H,16,17). The van der Waals surface area contributed by atoms with E-state index in [9.17, 15) is 4.79 Å². The highest BCUT2D eigenvalue weighted by molar-refractivity contribution is 7.93. The van der Waals surface area contributed by atoms with Gasteiger partial charge in [0.05, 0.1) is 0 Å². The van der Waals surface area contributed by atoms with Crippen LogP contribution in [0.2, 0.25) is 5.02 Å². The van der Waals surface area contributed by atoms with Crippen LogP contribution in [-0.2, 0) is 15.4 Å². The summed E-state index contributed by atoms with van der Waals surface area (Å²) in [6, 6.07) is 7.84. The summed E-state index contributed by atoms with van der Waals surface area (Å²) in [7, 11) is 0. The van der Waals surface area contributed by atoms with Crippen molar-refractivity contribution in [2.45, 2.75) is 38.2 Å². The van der Waals surface area contributed by atoms with Gasteiger partial charge in [-0.15, -0.1) is 0 Å². The Bertz CT molecular complexity index is 381. The molecule has 0 saturated carbocycles. The van der Waals surface area contributed by atoms with Crippen LogP contribution in [0.1, 0.15) is 31.2 Å². The lowest BCUT2D eigenvalue weighted by molar-refractivity contribution is -0.144. The highest BCUT2D eigenvalue weighted by atomic mass is 35.5. The predicted molar refractivity (Wildman–Crippen MR) is 79.6 cm³/mol. The molecule has 0 saturated heterocycles. The van der Waals surface area contributed by atoms with Gasteiger partial charge in [-0.3, -0.25) is 0 Å². The summed E-state index contributed by atoms with van der Waals surface area (Å²) in [5.41, 5.74) is 1.26.